The van der Waals surface area contributed by atoms with E-state index in [-0.39, 0.29) is 5.95 Å². The molecule has 1 saturated heterocycles. The van der Waals surface area contributed by atoms with Gasteiger partial charge in [0.25, 0.3) is 0 Å². The van der Waals surface area contributed by atoms with Crippen molar-refractivity contribution < 1.29 is 4.74 Å². The van der Waals surface area contributed by atoms with Crippen molar-refractivity contribution in [2.45, 2.75) is 0 Å². The van der Waals surface area contributed by atoms with Gasteiger partial charge < -0.3 is 15.4 Å². The lowest BCUT2D eigenvalue weighted by molar-refractivity contribution is 0.122. The van der Waals surface area contributed by atoms with Crippen LogP contribution < -0.4 is 10.6 Å². The van der Waals surface area contributed by atoms with Crippen LogP contribution in [-0.4, -0.2) is 46.2 Å². The van der Waals surface area contributed by atoms with Gasteiger partial charge >= 0.3 is 0 Å². The summed E-state index contributed by atoms with van der Waals surface area (Å²) in [4.78, 5) is 19.7. The number of rotatable bonds is 2. The number of aromatic nitrogens is 4. The number of morpholine rings is 1. The molecule has 4 heterocycles. The fourth-order valence-electron chi connectivity index (χ4n) is 2.70. The van der Waals surface area contributed by atoms with E-state index in [9.17, 15) is 0 Å². The highest BCUT2D eigenvalue weighted by Crippen LogP contribution is 2.27. The summed E-state index contributed by atoms with van der Waals surface area (Å²) in [7, 11) is 0. The Morgan fingerprint density at radius 3 is 2.52 bits per heavy atom. The zero-order valence-electron chi connectivity index (χ0n) is 12.5. The summed E-state index contributed by atoms with van der Waals surface area (Å²) in [5, 5.41) is 0. The molecule has 0 radical (unpaired) electrons. The molecule has 0 unspecified atom stereocenters. The standard InChI is InChI=1S/C16H16N6O/c17-16-20-13-2-1-12(11-3-5-18-6-4-11)19-14(13)15(21-16)22-7-9-23-10-8-22/h1-6H,7-10H2,(H2,17,20,21). The molecule has 0 aromatic carbocycles. The molecule has 2 N–H and O–H groups in total. The fourth-order valence-corrected chi connectivity index (χ4v) is 2.70. The minimum atomic E-state index is 0.262. The number of fused-ring (bicyclic) bond motifs is 1. The molecular weight excluding hydrogens is 292 g/mol. The average molecular weight is 308 g/mol. The van der Waals surface area contributed by atoms with Gasteiger partial charge in [-0.25, -0.2) is 9.97 Å². The van der Waals surface area contributed by atoms with Crippen molar-refractivity contribution in [1.82, 2.24) is 19.9 Å². The molecule has 7 heteroatoms. The van der Waals surface area contributed by atoms with Crippen molar-refractivity contribution in [3.05, 3.63) is 36.7 Å². The van der Waals surface area contributed by atoms with Crippen LogP contribution in [0, 0.1) is 0 Å². The lowest BCUT2D eigenvalue weighted by Crippen LogP contribution is -2.37. The molecule has 23 heavy (non-hydrogen) atoms. The van der Waals surface area contributed by atoms with Crippen LogP contribution in [0.3, 0.4) is 0 Å². The second kappa shape index (κ2) is 5.77. The molecule has 0 saturated carbocycles. The molecule has 0 bridgehead atoms. The maximum atomic E-state index is 5.86. The number of ether oxygens (including phenoxy) is 1. The Morgan fingerprint density at radius 1 is 0.957 bits per heavy atom. The first kappa shape index (κ1) is 13.8. The van der Waals surface area contributed by atoms with Crippen LogP contribution in [0.15, 0.2) is 36.7 Å². The summed E-state index contributed by atoms with van der Waals surface area (Å²) in [6.07, 6.45) is 3.51. The highest BCUT2D eigenvalue weighted by molar-refractivity contribution is 5.88. The van der Waals surface area contributed by atoms with E-state index >= 15 is 0 Å². The maximum absolute atomic E-state index is 5.86. The number of hydrogen-bond donors (Lipinski definition) is 1. The highest BCUT2D eigenvalue weighted by Gasteiger charge is 2.18. The second-order valence-corrected chi connectivity index (χ2v) is 5.30. The van der Waals surface area contributed by atoms with Crippen LogP contribution in [0.5, 0.6) is 0 Å². The van der Waals surface area contributed by atoms with Gasteiger partial charge in [0.15, 0.2) is 5.82 Å². The maximum Gasteiger partial charge on any atom is 0.222 e. The van der Waals surface area contributed by atoms with Crippen LogP contribution >= 0.6 is 0 Å². The van der Waals surface area contributed by atoms with Gasteiger partial charge in [0.2, 0.25) is 5.95 Å². The SMILES string of the molecule is Nc1nc(N2CCOCC2)c2nc(-c3ccncc3)ccc2n1. The Hall–Kier alpha value is -2.80. The molecular formula is C16H16N6O. The van der Waals surface area contributed by atoms with E-state index in [0.29, 0.717) is 13.2 Å². The molecule has 4 rings (SSSR count). The predicted octanol–water partition coefficient (Wildman–Crippen LogP) is 1.51. The summed E-state index contributed by atoms with van der Waals surface area (Å²) in [5.74, 6) is 1.03. The molecule has 0 atom stereocenters. The summed E-state index contributed by atoms with van der Waals surface area (Å²) in [6, 6.07) is 7.73. The predicted molar refractivity (Wildman–Crippen MR) is 88.0 cm³/mol. The lowest BCUT2D eigenvalue weighted by atomic mass is 10.1. The van der Waals surface area contributed by atoms with Crippen molar-refractivity contribution in [3.63, 3.8) is 0 Å². The summed E-state index contributed by atoms with van der Waals surface area (Å²) in [6.45, 7) is 2.89. The van der Waals surface area contributed by atoms with Crippen LogP contribution in [0.2, 0.25) is 0 Å². The topological polar surface area (TPSA) is 90.0 Å². The van der Waals surface area contributed by atoms with Crippen LogP contribution in [0.1, 0.15) is 0 Å². The van der Waals surface area contributed by atoms with Gasteiger partial charge in [0, 0.05) is 31.0 Å². The molecule has 3 aromatic heterocycles. The van der Waals surface area contributed by atoms with E-state index in [0.717, 1.165) is 41.2 Å². The van der Waals surface area contributed by atoms with Gasteiger partial charge in [0.05, 0.1) is 24.4 Å². The van der Waals surface area contributed by atoms with E-state index in [1.165, 1.54) is 0 Å². The minimum absolute atomic E-state index is 0.262. The van der Waals surface area contributed by atoms with E-state index < -0.39 is 0 Å². The quantitative estimate of drug-likeness (QED) is 0.767. The Labute approximate surface area is 133 Å². The van der Waals surface area contributed by atoms with Gasteiger partial charge in [-0.2, -0.15) is 4.98 Å². The normalized spacial score (nSPS) is 15.0. The number of anilines is 2. The van der Waals surface area contributed by atoms with Crippen molar-refractivity contribution >= 4 is 22.8 Å². The Bertz CT molecular complexity index is 833. The first-order valence-corrected chi connectivity index (χ1v) is 7.48. The first-order valence-electron chi connectivity index (χ1n) is 7.48. The highest BCUT2D eigenvalue weighted by atomic mass is 16.5. The van der Waals surface area contributed by atoms with Crippen molar-refractivity contribution in [1.29, 1.82) is 0 Å². The molecule has 0 aliphatic carbocycles. The Morgan fingerprint density at radius 2 is 1.74 bits per heavy atom. The van der Waals surface area contributed by atoms with E-state index in [1.54, 1.807) is 12.4 Å². The molecule has 0 amide bonds. The number of nitrogens with zero attached hydrogens (tertiary/aromatic N) is 5. The summed E-state index contributed by atoms with van der Waals surface area (Å²) in [5.41, 5.74) is 9.24. The fraction of sp³-hybridized carbons (Fsp3) is 0.250. The largest absolute Gasteiger partial charge is 0.378 e. The number of hydrogen-bond acceptors (Lipinski definition) is 7. The van der Waals surface area contributed by atoms with Crippen molar-refractivity contribution in [3.8, 4) is 11.3 Å². The molecule has 3 aromatic rings. The van der Waals surface area contributed by atoms with Gasteiger partial charge in [0.1, 0.15) is 5.52 Å². The van der Waals surface area contributed by atoms with Gasteiger partial charge in [-0.1, -0.05) is 0 Å². The van der Waals surface area contributed by atoms with Crippen molar-refractivity contribution in [2.75, 3.05) is 36.9 Å². The second-order valence-electron chi connectivity index (χ2n) is 5.30. The van der Waals surface area contributed by atoms with E-state index in [4.69, 9.17) is 15.5 Å². The van der Waals surface area contributed by atoms with Gasteiger partial charge in [-0.05, 0) is 24.3 Å². The molecule has 1 aliphatic rings. The van der Waals surface area contributed by atoms with Gasteiger partial charge in [-0.15, -0.1) is 0 Å². The third kappa shape index (κ3) is 2.66. The molecule has 1 aliphatic heterocycles. The third-order valence-corrected chi connectivity index (χ3v) is 3.83. The molecule has 116 valence electrons. The summed E-state index contributed by atoms with van der Waals surface area (Å²) < 4.78 is 5.41. The smallest absolute Gasteiger partial charge is 0.222 e. The van der Waals surface area contributed by atoms with Crippen LogP contribution in [0.4, 0.5) is 11.8 Å². The van der Waals surface area contributed by atoms with Gasteiger partial charge in [-0.3, -0.25) is 4.98 Å². The minimum Gasteiger partial charge on any atom is -0.378 e. The molecule has 0 spiro atoms. The van der Waals surface area contributed by atoms with E-state index in [1.807, 2.05) is 24.3 Å². The Balaban J connectivity index is 1.87. The van der Waals surface area contributed by atoms with Crippen molar-refractivity contribution in [2.24, 2.45) is 0 Å². The lowest BCUT2D eigenvalue weighted by Gasteiger charge is -2.28. The zero-order chi connectivity index (χ0) is 15.6. The number of nitrogens with two attached hydrogens (primary N) is 1. The van der Waals surface area contributed by atoms with E-state index in [2.05, 4.69) is 19.9 Å². The Kier molecular flexibility index (Phi) is 3.47. The number of nitrogen functional groups attached to an aromatic ring is 1. The van der Waals surface area contributed by atoms with Crippen LogP contribution in [-0.2, 0) is 4.74 Å². The third-order valence-electron chi connectivity index (χ3n) is 3.83. The monoisotopic (exact) mass is 308 g/mol. The first-order chi connectivity index (χ1) is 11.3. The summed E-state index contributed by atoms with van der Waals surface area (Å²) >= 11 is 0. The average Bonchev–Trinajstić information content (AvgIpc) is 2.62. The zero-order valence-corrected chi connectivity index (χ0v) is 12.5. The van der Waals surface area contributed by atoms with Crippen LogP contribution in [0.25, 0.3) is 22.3 Å². The number of pyridine rings is 2. The molecule has 7 nitrogen and oxygen atoms in total. The molecule has 1 fully saturated rings.